The molecule has 6 atom stereocenters. The molecule has 186 valence electrons. The van der Waals surface area contributed by atoms with Gasteiger partial charge in [-0.1, -0.05) is 48.5 Å². The highest BCUT2D eigenvalue weighted by Gasteiger charge is 2.64. The maximum absolute atomic E-state index is 6.17. The molecule has 0 aliphatic heterocycles. The van der Waals surface area contributed by atoms with Gasteiger partial charge in [-0.15, -0.1) is 0 Å². The largest absolute Gasteiger partial charge is 0.496 e. The number of ether oxygens (including phenoxy) is 4. The Labute approximate surface area is 215 Å². The average molecular weight is 493 g/mol. The number of benzene rings is 3. The van der Waals surface area contributed by atoms with Crippen LogP contribution in [-0.4, -0.2) is 38.4 Å². The van der Waals surface area contributed by atoms with Crippen molar-refractivity contribution in [3.8, 4) is 23.4 Å². The molecule has 4 bridgehead atoms. The Balaban J connectivity index is 1.44. The summed E-state index contributed by atoms with van der Waals surface area (Å²) in [6, 6.07) is 17.7. The molecular formula is C31H28N2O4. The van der Waals surface area contributed by atoms with E-state index in [-0.39, 0.29) is 11.8 Å². The summed E-state index contributed by atoms with van der Waals surface area (Å²) < 4.78 is 23.8. The van der Waals surface area contributed by atoms with Gasteiger partial charge in [0.15, 0.2) is 0 Å². The van der Waals surface area contributed by atoms with E-state index in [2.05, 4.69) is 53.5 Å². The number of nitrogens with zero attached hydrogens (tertiary/aromatic N) is 2. The molecule has 3 aromatic carbocycles. The molecule has 37 heavy (non-hydrogen) atoms. The first kappa shape index (κ1) is 21.3. The quantitative estimate of drug-likeness (QED) is 0.360. The monoisotopic (exact) mass is 492 g/mol. The number of methoxy groups -OCH3 is 4. The predicted molar refractivity (Wildman–Crippen MR) is 139 cm³/mol. The van der Waals surface area contributed by atoms with Crippen molar-refractivity contribution in [3.63, 3.8) is 0 Å². The Hall–Kier alpha value is -3.80. The van der Waals surface area contributed by atoms with Crippen LogP contribution in [0, 0.1) is 11.8 Å². The van der Waals surface area contributed by atoms with E-state index in [1.54, 1.807) is 28.4 Å². The van der Waals surface area contributed by atoms with Crippen molar-refractivity contribution >= 4 is 10.8 Å². The van der Waals surface area contributed by atoms with Crippen LogP contribution in [-0.2, 0) is 0 Å². The van der Waals surface area contributed by atoms with E-state index in [4.69, 9.17) is 23.9 Å². The Bertz CT molecular complexity index is 1620. The van der Waals surface area contributed by atoms with Gasteiger partial charge in [0.25, 0.3) is 0 Å². The number of aromatic nitrogens is 2. The molecule has 0 radical (unpaired) electrons. The van der Waals surface area contributed by atoms with Gasteiger partial charge < -0.3 is 18.9 Å². The van der Waals surface area contributed by atoms with E-state index < -0.39 is 0 Å². The van der Waals surface area contributed by atoms with Gasteiger partial charge in [-0.05, 0) is 41.2 Å². The fraction of sp³-hybridized carbons (Fsp3) is 0.355. The fourth-order valence-corrected chi connectivity index (χ4v) is 8.63. The molecule has 5 aliphatic rings. The van der Waals surface area contributed by atoms with E-state index >= 15 is 0 Å². The fourth-order valence-electron chi connectivity index (χ4n) is 8.63. The van der Waals surface area contributed by atoms with Crippen LogP contribution in [0.25, 0.3) is 10.8 Å². The van der Waals surface area contributed by atoms with Gasteiger partial charge in [0.2, 0.25) is 5.88 Å². The minimum absolute atomic E-state index is 0.150. The van der Waals surface area contributed by atoms with Gasteiger partial charge in [0.1, 0.15) is 11.5 Å². The van der Waals surface area contributed by atoms with Crippen LogP contribution in [0.3, 0.4) is 0 Å². The molecule has 1 saturated carbocycles. The molecule has 0 saturated heterocycles. The third-order valence-corrected chi connectivity index (χ3v) is 9.56. The standard InChI is InChI=1S/C31H28N2O4/c1-34-28-16-11-7-8-12-17(16)29(35-2)25-19-13-18(24(25)28)21-20-14-9-5-6-10-15(14)23(22(19)21)27-26(20)30(36-3)33-31(32-27)37-4/h5-12,18-23H,13H2,1-4H3/t18-,19+,20-,21-,22-,23+/m1/s1. The average Bonchev–Trinajstić information content (AvgIpc) is 3.53. The van der Waals surface area contributed by atoms with Crippen LogP contribution in [0.2, 0.25) is 0 Å². The Kier molecular flexibility index (Phi) is 4.24. The molecule has 1 heterocycles. The number of fused-ring (bicyclic) bond motifs is 6. The lowest BCUT2D eigenvalue weighted by atomic mass is 9.51. The van der Waals surface area contributed by atoms with Crippen molar-refractivity contribution in [2.24, 2.45) is 11.8 Å². The molecule has 0 unspecified atom stereocenters. The van der Waals surface area contributed by atoms with Gasteiger partial charge in [0.05, 0.1) is 34.1 Å². The van der Waals surface area contributed by atoms with Crippen LogP contribution >= 0.6 is 0 Å². The molecular weight excluding hydrogens is 464 g/mol. The Morgan fingerprint density at radius 1 is 0.622 bits per heavy atom. The van der Waals surface area contributed by atoms with Crippen LogP contribution in [0.4, 0.5) is 0 Å². The van der Waals surface area contributed by atoms with E-state index in [1.165, 1.54) is 22.3 Å². The summed E-state index contributed by atoms with van der Waals surface area (Å²) in [7, 11) is 6.93. The molecule has 6 nitrogen and oxygen atoms in total. The van der Waals surface area contributed by atoms with Crippen LogP contribution in [0.15, 0.2) is 48.5 Å². The number of hydrogen-bond acceptors (Lipinski definition) is 6. The van der Waals surface area contributed by atoms with Crippen molar-refractivity contribution in [1.29, 1.82) is 0 Å². The van der Waals surface area contributed by atoms with Gasteiger partial charge >= 0.3 is 6.01 Å². The highest BCUT2D eigenvalue weighted by Crippen LogP contribution is 2.76. The first-order valence-electron chi connectivity index (χ1n) is 13.0. The molecule has 4 aromatic rings. The lowest BCUT2D eigenvalue weighted by Crippen LogP contribution is -2.43. The minimum Gasteiger partial charge on any atom is -0.496 e. The van der Waals surface area contributed by atoms with Crippen molar-refractivity contribution in [1.82, 2.24) is 9.97 Å². The number of hydrogen-bond donors (Lipinski definition) is 0. The first-order valence-corrected chi connectivity index (χ1v) is 13.0. The Morgan fingerprint density at radius 3 is 1.76 bits per heavy atom. The summed E-state index contributed by atoms with van der Waals surface area (Å²) in [6.45, 7) is 0. The van der Waals surface area contributed by atoms with E-state index in [9.17, 15) is 0 Å². The molecule has 9 rings (SSSR count). The maximum Gasteiger partial charge on any atom is 0.319 e. The molecule has 0 amide bonds. The normalized spacial score (nSPS) is 27.4. The highest BCUT2D eigenvalue weighted by atomic mass is 16.5. The Morgan fingerprint density at radius 2 is 1.19 bits per heavy atom. The zero-order chi connectivity index (χ0) is 25.0. The second-order valence-corrected chi connectivity index (χ2v) is 10.6. The van der Waals surface area contributed by atoms with E-state index in [1.807, 2.05) is 0 Å². The van der Waals surface area contributed by atoms with Gasteiger partial charge in [-0.3, -0.25) is 0 Å². The molecule has 0 spiro atoms. The molecule has 1 aromatic heterocycles. The third-order valence-electron chi connectivity index (χ3n) is 9.56. The van der Waals surface area contributed by atoms with Crippen molar-refractivity contribution < 1.29 is 18.9 Å². The van der Waals surface area contributed by atoms with E-state index in [0.717, 1.165) is 39.9 Å². The second kappa shape index (κ2) is 7.37. The van der Waals surface area contributed by atoms with Crippen molar-refractivity contribution in [3.05, 3.63) is 82.0 Å². The highest BCUT2D eigenvalue weighted by molar-refractivity contribution is 5.97. The summed E-state index contributed by atoms with van der Waals surface area (Å²) in [4.78, 5) is 9.62. The van der Waals surface area contributed by atoms with Crippen molar-refractivity contribution in [2.45, 2.75) is 30.1 Å². The maximum atomic E-state index is 6.17. The zero-order valence-corrected chi connectivity index (χ0v) is 21.3. The summed E-state index contributed by atoms with van der Waals surface area (Å²) in [5.41, 5.74) is 7.63. The second-order valence-electron chi connectivity index (χ2n) is 10.6. The summed E-state index contributed by atoms with van der Waals surface area (Å²) in [5.74, 6) is 4.50. The van der Waals surface area contributed by atoms with Crippen LogP contribution in [0.5, 0.6) is 23.4 Å². The van der Waals surface area contributed by atoms with Crippen molar-refractivity contribution in [2.75, 3.05) is 28.4 Å². The molecule has 6 heteroatoms. The summed E-state index contributed by atoms with van der Waals surface area (Å²) >= 11 is 0. The lowest BCUT2D eigenvalue weighted by molar-refractivity contribution is 0.209. The van der Waals surface area contributed by atoms with Crippen LogP contribution in [0.1, 0.15) is 63.6 Å². The topological polar surface area (TPSA) is 62.7 Å². The smallest absolute Gasteiger partial charge is 0.319 e. The summed E-state index contributed by atoms with van der Waals surface area (Å²) in [5, 5.41) is 2.24. The molecule has 1 fully saturated rings. The first-order chi connectivity index (χ1) is 18.2. The van der Waals surface area contributed by atoms with Crippen LogP contribution < -0.4 is 18.9 Å². The molecule has 0 N–H and O–H groups in total. The SMILES string of the molecule is COc1nc(OC)c2c(n1)[C@H]1c3ccccc3[C@@H]2[C@@H]2[C@H]1[C@@H]1C[C@H]2c2c1c(OC)c1ccccc1c2OC. The van der Waals surface area contributed by atoms with Gasteiger partial charge in [-0.25, -0.2) is 0 Å². The van der Waals surface area contributed by atoms with Gasteiger partial charge in [-0.2, -0.15) is 9.97 Å². The minimum atomic E-state index is 0.150. The summed E-state index contributed by atoms with van der Waals surface area (Å²) in [6.07, 6.45) is 1.09. The number of rotatable bonds is 4. The lowest BCUT2D eigenvalue weighted by Gasteiger charge is -2.52. The third kappa shape index (κ3) is 2.42. The molecule has 5 aliphatic carbocycles. The zero-order valence-electron chi connectivity index (χ0n) is 21.3. The predicted octanol–water partition coefficient (Wildman–Crippen LogP) is 5.77. The van der Waals surface area contributed by atoms with E-state index in [0.29, 0.717) is 35.6 Å². The van der Waals surface area contributed by atoms with Gasteiger partial charge in [0, 0.05) is 39.3 Å².